The van der Waals surface area contributed by atoms with Crippen molar-refractivity contribution in [2.45, 2.75) is 71.0 Å². The molecule has 0 aromatic rings. The molecule has 77 valence electrons. The van der Waals surface area contributed by atoms with Crippen molar-refractivity contribution in [2.75, 3.05) is 0 Å². The van der Waals surface area contributed by atoms with Crippen LogP contribution in [-0.4, -0.2) is 8.07 Å². The Kier molecular flexibility index (Phi) is 3.27. The summed E-state index contributed by atoms with van der Waals surface area (Å²) in [4.78, 5) is 0. The summed E-state index contributed by atoms with van der Waals surface area (Å²) in [5.41, 5.74) is 1.95. The maximum absolute atomic E-state index is 2.56. The predicted octanol–water partition coefficient (Wildman–Crippen LogP) is 4.57. The Labute approximate surface area is 85.1 Å². The Bertz CT molecular complexity index is 158. The first kappa shape index (κ1) is 11.3. The van der Waals surface area contributed by atoms with Crippen LogP contribution in [0.1, 0.15) is 52.9 Å². The van der Waals surface area contributed by atoms with E-state index in [1.165, 1.54) is 32.1 Å². The van der Waals surface area contributed by atoms with E-state index < -0.39 is 8.07 Å². The van der Waals surface area contributed by atoms with Crippen LogP contribution in [0.5, 0.6) is 0 Å². The summed E-state index contributed by atoms with van der Waals surface area (Å²) in [5.74, 6) is 0. The molecule has 0 heterocycles. The smallest absolute Gasteiger partial charge is 0.0592 e. The monoisotopic (exact) mass is 197 g/mol. The molecule has 1 saturated carbocycles. The van der Waals surface area contributed by atoms with Gasteiger partial charge in [0.2, 0.25) is 0 Å². The van der Waals surface area contributed by atoms with Gasteiger partial charge >= 0.3 is 0 Å². The summed E-state index contributed by atoms with van der Waals surface area (Å²) in [7, 11) is -1.09. The molecule has 0 spiro atoms. The van der Waals surface area contributed by atoms with Gasteiger partial charge in [-0.1, -0.05) is 53.1 Å². The Morgan fingerprint density at radius 3 is 1.77 bits per heavy atom. The third-order valence-corrected chi connectivity index (χ3v) is 10.2. The van der Waals surface area contributed by atoms with Crippen LogP contribution < -0.4 is 0 Å². The third kappa shape index (κ3) is 2.37. The molecular formula is C12H25Si. The van der Waals surface area contributed by atoms with Crippen molar-refractivity contribution in [3.8, 4) is 0 Å². The summed E-state index contributed by atoms with van der Waals surface area (Å²) >= 11 is 0. The molecule has 0 bridgehead atoms. The quantitative estimate of drug-likeness (QED) is 0.540. The van der Waals surface area contributed by atoms with Crippen LogP contribution in [0.3, 0.4) is 0 Å². The average Bonchev–Trinajstić information content (AvgIpc) is 2.04. The van der Waals surface area contributed by atoms with Gasteiger partial charge in [-0.15, -0.1) is 0 Å². The van der Waals surface area contributed by atoms with Gasteiger partial charge in [0.25, 0.3) is 0 Å². The standard InChI is InChI=1S/C12H25Si/c1-12(2,3)13(4,5)11-9-7-6-8-10-11/h6-10H2,1-5H3. The zero-order valence-corrected chi connectivity index (χ0v) is 11.0. The van der Waals surface area contributed by atoms with E-state index in [-0.39, 0.29) is 0 Å². The van der Waals surface area contributed by atoms with E-state index in [4.69, 9.17) is 0 Å². The largest absolute Gasteiger partial charge is 0.0686 e. The molecule has 0 atom stereocenters. The lowest BCUT2D eigenvalue weighted by Crippen LogP contribution is -2.44. The molecule has 1 aliphatic rings. The second kappa shape index (κ2) is 3.76. The highest BCUT2D eigenvalue weighted by molar-refractivity contribution is 6.85. The highest BCUT2D eigenvalue weighted by Gasteiger charge is 2.42. The molecule has 1 heteroatoms. The van der Waals surface area contributed by atoms with Crippen LogP contribution >= 0.6 is 0 Å². The topological polar surface area (TPSA) is 0 Å². The first-order chi connectivity index (χ1) is 5.86. The van der Waals surface area contributed by atoms with Crippen LogP contribution in [-0.2, 0) is 0 Å². The van der Waals surface area contributed by atoms with E-state index in [0.717, 1.165) is 0 Å². The molecule has 0 N–H and O–H groups in total. The lowest BCUT2D eigenvalue weighted by atomic mass is 10.0. The van der Waals surface area contributed by atoms with Crippen LogP contribution in [0.4, 0.5) is 0 Å². The molecule has 0 aromatic carbocycles. The van der Waals surface area contributed by atoms with E-state index >= 15 is 0 Å². The fourth-order valence-electron chi connectivity index (χ4n) is 2.13. The SMILES string of the molecule is CC(C)(C)[Si](C)(C)[C]1CCCCC1. The van der Waals surface area contributed by atoms with Crippen molar-refractivity contribution in [3.05, 3.63) is 5.54 Å². The Balaban J connectivity index is 2.67. The first-order valence-electron chi connectivity index (χ1n) is 5.71. The zero-order chi connectivity index (χ0) is 10.1. The van der Waals surface area contributed by atoms with Gasteiger partial charge in [-0.3, -0.25) is 0 Å². The minimum Gasteiger partial charge on any atom is -0.0686 e. The second-order valence-corrected chi connectivity index (χ2v) is 11.5. The lowest BCUT2D eigenvalue weighted by Gasteiger charge is -2.44. The van der Waals surface area contributed by atoms with E-state index in [9.17, 15) is 0 Å². The summed E-state index contributed by atoms with van der Waals surface area (Å²) in [5, 5.41) is 0.555. The summed E-state index contributed by atoms with van der Waals surface area (Å²) in [6.07, 6.45) is 7.27. The zero-order valence-electron chi connectivity index (χ0n) is 10.0. The van der Waals surface area contributed by atoms with Crippen molar-refractivity contribution >= 4 is 8.07 Å². The Morgan fingerprint density at radius 2 is 1.38 bits per heavy atom. The molecule has 0 nitrogen and oxygen atoms in total. The Hall–Kier alpha value is 0.217. The normalized spacial score (nSPS) is 21.9. The molecule has 1 fully saturated rings. The number of rotatable bonds is 1. The van der Waals surface area contributed by atoms with Gasteiger partial charge in [0.05, 0.1) is 8.07 Å². The minimum absolute atomic E-state index is 0.555. The maximum atomic E-state index is 2.56. The van der Waals surface area contributed by atoms with Gasteiger partial charge in [0.15, 0.2) is 0 Å². The molecule has 13 heavy (non-hydrogen) atoms. The highest BCUT2D eigenvalue weighted by atomic mass is 28.3. The third-order valence-electron chi connectivity index (χ3n) is 4.22. The van der Waals surface area contributed by atoms with Gasteiger partial charge in [-0.2, -0.15) is 0 Å². The van der Waals surface area contributed by atoms with Crippen LogP contribution in [0.2, 0.25) is 18.1 Å². The fourth-order valence-corrected chi connectivity index (χ4v) is 4.80. The van der Waals surface area contributed by atoms with E-state index in [0.29, 0.717) is 5.04 Å². The molecule has 0 aliphatic heterocycles. The maximum Gasteiger partial charge on any atom is 0.0592 e. The molecule has 0 unspecified atom stereocenters. The lowest BCUT2D eigenvalue weighted by molar-refractivity contribution is 0.554. The van der Waals surface area contributed by atoms with E-state index in [2.05, 4.69) is 33.9 Å². The van der Waals surface area contributed by atoms with Gasteiger partial charge < -0.3 is 0 Å². The molecule has 0 saturated heterocycles. The van der Waals surface area contributed by atoms with Crippen molar-refractivity contribution in [1.29, 1.82) is 0 Å². The van der Waals surface area contributed by atoms with Crippen LogP contribution in [0, 0.1) is 5.54 Å². The second-order valence-electron chi connectivity index (χ2n) is 6.04. The van der Waals surface area contributed by atoms with E-state index in [1.807, 2.05) is 5.54 Å². The number of hydrogen-bond acceptors (Lipinski definition) is 0. The van der Waals surface area contributed by atoms with Crippen LogP contribution in [0.25, 0.3) is 0 Å². The Morgan fingerprint density at radius 1 is 0.923 bits per heavy atom. The average molecular weight is 197 g/mol. The molecule has 0 aromatic heterocycles. The van der Waals surface area contributed by atoms with Crippen LogP contribution in [0.15, 0.2) is 0 Å². The summed E-state index contributed by atoms with van der Waals surface area (Å²) in [6.45, 7) is 12.4. The van der Waals surface area contributed by atoms with Gasteiger partial charge in [0, 0.05) is 0 Å². The van der Waals surface area contributed by atoms with Crippen molar-refractivity contribution in [2.24, 2.45) is 0 Å². The molecule has 0 amide bonds. The van der Waals surface area contributed by atoms with Crippen molar-refractivity contribution in [1.82, 2.24) is 0 Å². The first-order valence-corrected chi connectivity index (χ1v) is 8.71. The van der Waals surface area contributed by atoms with Crippen molar-refractivity contribution in [3.63, 3.8) is 0 Å². The molecule has 1 rings (SSSR count). The van der Waals surface area contributed by atoms with Gasteiger partial charge in [-0.25, -0.2) is 0 Å². The molecular weight excluding hydrogens is 172 g/mol. The predicted molar refractivity (Wildman–Crippen MR) is 63.5 cm³/mol. The fraction of sp³-hybridized carbons (Fsp3) is 0.917. The molecule has 1 aliphatic carbocycles. The van der Waals surface area contributed by atoms with Gasteiger partial charge in [0.1, 0.15) is 0 Å². The van der Waals surface area contributed by atoms with E-state index in [1.54, 1.807) is 0 Å². The number of hydrogen-bond donors (Lipinski definition) is 0. The van der Waals surface area contributed by atoms with Crippen molar-refractivity contribution < 1.29 is 0 Å². The molecule has 1 radical (unpaired) electrons. The van der Waals surface area contributed by atoms with Gasteiger partial charge in [-0.05, 0) is 23.4 Å². The summed E-state index contributed by atoms with van der Waals surface area (Å²) in [6, 6.07) is 0. The highest BCUT2D eigenvalue weighted by Crippen LogP contribution is 2.46. The minimum atomic E-state index is -1.09. The summed E-state index contributed by atoms with van der Waals surface area (Å²) < 4.78 is 0.